The molecule has 0 aliphatic carbocycles. The molecule has 1 aliphatic rings. The van der Waals surface area contributed by atoms with Crippen LogP contribution in [0.5, 0.6) is 0 Å². The molecule has 0 amide bonds. The minimum absolute atomic E-state index is 0.129. The molecule has 0 spiro atoms. The minimum Gasteiger partial charge on any atom is -0.393 e. The zero-order valence-electron chi connectivity index (χ0n) is 9.56. The van der Waals surface area contributed by atoms with Crippen molar-refractivity contribution in [2.75, 3.05) is 13.1 Å². The molecule has 1 saturated heterocycles. The van der Waals surface area contributed by atoms with Gasteiger partial charge in [0, 0.05) is 24.7 Å². The number of halogens is 1. The van der Waals surface area contributed by atoms with Crippen LogP contribution in [0.25, 0.3) is 0 Å². The van der Waals surface area contributed by atoms with Crippen molar-refractivity contribution in [1.82, 2.24) is 4.90 Å². The highest BCUT2D eigenvalue weighted by atomic mass is 35.5. The number of hydrogen-bond acceptors (Lipinski definition) is 2. The van der Waals surface area contributed by atoms with Crippen LogP contribution in [-0.4, -0.2) is 29.2 Å². The molecular formula is C13H18ClNO. The van der Waals surface area contributed by atoms with E-state index in [9.17, 15) is 5.11 Å². The van der Waals surface area contributed by atoms with Crippen molar-refractivity contribution >= 4 is 11.6 Å². The van der Waals surface area contributed by atoms with Crippen molar-refractivity contribution in [2.45, 2.75) is 26.0 Å². The summed E-state index contributed by atoms with van der Waals surface area (Å²) in [6.45, 7) is 4.97. The number of benzene rings is 1. The summed E-state index contributed by atoms with van der Waals surface area (Å²) < 4.78 is 0. The summed E-state index contributed by atoms with van der Waals surface area (Å²) in [5, 5.41) is 10.5. The number of aliphatic hydroxyl groups is 1. The zero-order chi connectivity index (χ0) is 11.5. The number of likely N-dealkylation sites (tertiary alicyclic amines) is 1. The van der Waals surface area contributed by atoms with Crippen molar-refractivity contribution in [3.8, 4) is 0 Å². The summed E-state index contributed by atoms with van der Waals surface area (Å²) in [5.74, 6) is 0.368. The number of nitrogens with zero attached hydrogens (tertiary/aromatic N) is 1. The lowest BCUT2D eigenvalue weighted by atomic mass is 9.96. The third-order valence-electron chi connectivity index (χ3n) is 3.24. The van der Waals surface area contributed by atoms with E-state index in [0.29, 0.717) is 5.92 Å². The van der Waals surface area contributed by atoms with Gasteiger partial charge < -0.3 is 5.11 Å². The summed E-state index contributed by atoms with van der Waals surface area (Å²) in [6, 6.07) is 7.99. The number of rotatable bonds is 2. The van der Waals surface area contributed by atoms with E-state index in [2.05, 4.69) is 17.9 Å². The lowest BCUT2D eigenvalue weighted by molar-refractivity contribution is 0.0320. The Morgan fingerprint density at radius 3 is 3.00 bits per heavy atom. The van der Waals surface area contributed by atoms with Crippen LogP contribution in [0.2, 0.25) is 5.02 Å². The Labute approximate surface area is 102 Å². The number of aliphatic hydroxyl groups excluding tert-OH is 1. The van der Waals surface area contributed by atoms with Crippen LogP contribution in [-0.2, 0) is 6.54 Å². The molecule has 16 heavy (non-hydrogen) atoms. The second-order valence-corrected chi connectivity index (χ2v) is 5.13. The molecular weight excluding hydrogens is 222 g/mol. The lowest BCUT2D eigenvalue weighted by Crippen LogP contribution is -2.41. The molecule has 2 rings (SSSR count). The molecule has 1 heterocycles. The van der Waals surface area contributed by atoms with Gasteiger partial charge in [-0.2, -0.15) is 0 Å². The van der Waals surface area contributed by atoms with Gasteiger partial charge >= 0.3 is 0 Å². The molecule has 2 atom stereocenters. The summed E-state index contributed by atoms with van der Waals surface area (Å²) >= 11 is 5.96. The summed E-state index contributed by atoms with van der Waals surface area (Å²) in [7, 11) is 0. The molecule has 1 aromatic carbocycles. The maximum Gasteiger partial charge on any atom is 0.0590 e. The molecule has 1 aromatic rings. The minimum atomic E-state index is -0.129. The first-order chi connectivity index (χ1) is 7.65. The van der Waals surface area contributed by atoms with E-state index in [0.717, 1.165) is 31.1 Å². The first kappa shape index (κ1) is 11.9. The van der Waals surface area contributed by atoms with E-state index < -0.39 is 0 Å². The highest BCUT2D eigenvalue weighted by Crippen LogP contribution is 2.19. The molecule has 1 fully saturated rings. The monoisotopic (exact) mass is 239 g/mol. The molecule has 0 saturated carbocycles. The fourth-order valence-corrected chi connectivity index (χ4v) is 2.47. The highest BCUT2D eigenvalue weighted by molar-refractivity contribution is 6.30. The molecule has 0 aromatic heterocycles. The Balaban J connectivity index is 1.95. The third-order valence-corrected chi connectivity index (χ3v) is 3.47. The highest BCUT2D eigenvalue weighted by Gasteiger charge is 2.23. The Bertz CT molecular complexity index is 356. The van der Waals surface area contributed by atoms with Crippen LogP contribution in [0.15, 0.2) is 24.3 Å². The van der Waals surface area contributed by atoms with E-state index in [4.69, 9.17) is 11.6 Å². The van der Waals surface area contributed by atoms with Gasteiger partial charge in [0.25, 0.3) is 0 Å². The molecule has 2 nitrogen and oxygen atoms in total. The predicted octanol–water partition coefficient (Wildman–Crippen LogP) is 2.54. The Hall–Kier alpha value is -0.570. The number of hydrogen-bond donors (Lipinski definition) is 1. The van der Waals surface area contributed by atoms with Gasteiger partial charge in [-0.25, -0.2) is 0 Å². The summed E-state index contributed by atoms with van der Waals surface area (Å²) in [6.07, 6.45) is 0.748. The third kappa shape index (κ3) is 2.97. The normalized spacial score (nSPS) is 26.9. The smallest absolute Gasteiger partial charge is 0.0590 e. The molecule has 1 aliphatic heterocycles. The molecule has 88 valence electrons. The zero-order valence-corrected chi connectivity index (χ0v) is 10.3. The fraction of sp³-hybridized carbons (Fsp3) is 0.538. The van der Waals surface area contributed by atoms with Crippen molar-refractivity contribution in [3.05, 3.63) is 34.9 Å². The second-order valence-electron chi connectivity index (χ2n) is 4.70. The standard InChI is InChI=1S/C13H18ClNO/c1-10-8-15(6-5-13(10)16)9-11-3-2-4-12(14)7-11/h2-4,7,10,13,16H,5-6,8-9H2,1H3/t10-,13-/m1/s1. The van der Waals surface area contributed by atoms with E-state index in [1.165, 1.54) is 5.56 Å². The van der Waals surface area contributed by atoms with Crippen LogP contribution in [0.3, 0.4) is 0 Å². The largest absolute Gasteiger partial charge is 0.393 e. The van der Waals surface area contributed by atoms with Crippen molar-refractivity contribution < 1.29 is 5.11 Å². The molecule has 0 unspecified atom stereocenters. The first-order valence-electron chi connectivity index (χ1n) is 5.80. The van der Waals surface area contributed by atoms with E-state index in [-0.39, 0.29) is 6.10 Å². The second kappa shape index (κ2) is 5.17. The van der Waals surface area contributed by atoms with Gasteiger partial charge in [0.1, 0.15) is 0 Å². The maximum atomic E-state index is 9.66. The Kier molecular flexibility index (Phi) is 3.85. The van der Waals surface area contributed by atoms with Gasteiger partial charge in [0.15, 0.2) is 0 Å². The van der Waals surface area contributed by atoms with Gasteiger partial charge in [-0.15, -0.1) is 0 Å². The van der Waals surface area contributed by atoms with Crippen molar-refractivity contribution in [2.24, 2.45) is 5.92 Å². The van der Waals surface area contributed by atoms with Gasteiger partial charge in [0.05, 0.1) is 6.10 Å². The maximum absolute atomic E-state index is 9.66. The Morgan fingerprint density at radius 2 is 2.31 bits per heavy atom. The Morgan fingerprint density at radius 1 is 1.50 bits per heavy atom. The van der Waals surface area contributed by atoms with Crippen LogP contribution in [0, 0.1) is 5.92 Å². The first-order valence-corrected chi connectivity index (χ1v) is 6.18. The van der Waals surface area contributed by atoms with Gasteiger partial charge in [-0.3, -0.25) is 4.90 Å². The summed E-state index contributed by atoms with van der Waals surface area (Å²) in [4.78, 5) is 2.38. The lowest BCUT2D eigenvalue weighted by Gasteiger charge is -2.34. The van der Waals surface area contributed by atoms with E-state index in [1.807, 2.05) is 18.2 Å². The quantitative estimate of drug-likeness (QED) is 0.858. The molecule has 1 N–H and O–H groups in total. The fourth-order valence-electron chi connectivity index (χ4n) is 2.26. The average molecular weight is 240 g/mol. The van der Waals surface area contributed by atoms with E-state index >= 15 is 0 Å². The van der Waals surface area contributed by atoms with Gasteiger partial charge in [-0.1, -0.05) is 30.7 Å². The van der Waals surface area contributed by atoms with Crippen LogP contribution < -0.4 is 0 Å². The van der Waals surface area contributed by atoms with Crippen molar-refractivity contribution in [1.29, 1.82) is 0 Å². The van der Waals surface area contributed by atoms with Crippen molar-refractivity contribution in [3.63, 3.8) is 0 Å². The SMILES string of the molecule is C[C@@H]1CN(Cc2cccc(Cl)c2)CC[C@H]1O. The summed E-state index contributed by atoms with van der Waals surface area (Å²) in [5.41, 5.74) is 1.25. The van der Waals surface area contributed by atoms with Crippen LogP contribution in [0.4, 0.5) is 0 Å². The van der Waals surface area contributed by atoms with E-state index in [1.54, 1.807) is 0 Å². The van der Waals surface area contributed by atoms with Gasteiger partial charge in [-0.05, 0) is 30.0 Å². The molecule has 3 heteroatoms. The topological polar surface area (TPSA) is 23.5 Å². The average Bonchev–Trinajstić information content (AvgIpc) is 2.24. The predicted molar refractivity (Wildman–Crippen MR) is 66.5 cm³/mol. The number of piperidine rings is 1. The van der Waals surface area contributed by atoms with Crippen LogP contribution in [0.1, 0.15) is 18.9 Å². The van der Waals surface area contributed by atoms with Crippen LogP contribution >= 0.6 is 11.6 Å². The molecule has 0 radical (unpaired) electrons. The van der Waals surface area contributed by atoms with Gasteiger partial charge in [0.2, 0.25) is 0 Å². The molecule has 0 bridgehead atoms.